The monoisotopic (exact) mass is 377 g/mol. The molecule has 2 rings (SSSR count). The third kappa shape index (κ3) is 6.07. The van der Waals surface area contributed by atoms with Crippen LogP contribution in [-0.2, 0) is 17.8 Å². The molecule has 0 unspecified atom stereocenters. The van der Waals surface area contributed by atoms with Crippen LogP contribution in [0.15, 0.2) is 42.6 Å². The van der Waals surface area contributed by atoms with Gasteiger partial charge < -0.3 is 19.5 Å². The normalized spacial score (nSPS) is 11.4. The highest BCUT2D eigenvalue weighted by Gasteiger charge is 2.20. The minimum absolute atomic E-state index is 0.0972. The summed E-state index contributed by atoms with van der Waals surface area (Å²) in [5.74, 6) is 0. The maximum absolute atomic E-state index is 12.6. The van der Waals surface area contributed by atoms with Crippen LogP contribution in [-0.4, -0.2) is 41.3 Å². The summed E-state index contributed by atoms with van der Waals surface area (Å²) in [6.45, 7) is 8.10. The van der Waals surface area contributed by atoms with Crippen molar-refractivity contribution in [2.45, 2.75) is 39.4 Å². The molecule has 0 spiro atoms. The van der Waals surface area contributed by atoms with E-state index in [1.807, 2.05) is 63.4 Å². The van der Waals surface area contributed by atoms with E-state index >= 15 is 0 Å². The molecule has 0 fully saturated rings. The van der Waals surface area contributed by atoms with Gasteiger partial charge >= 0.3 is 6.03 Å². The molecule has 142 valence electrons. The van der Waals surface area contributed by atoms with E-state index in [-0.39, 0.29) is 11.6 Å². The second-order valence-electron chi connectivity index (χ2n) is 7.31. The Hall–Kier alpha value is -1.98. The molecular weight excluding hydrogens is 350 g/mol. The zero-order valence-corrected chi connectivity index (χ0v) is 16.7. The standard InChI is InChI=1S/C20H28ClN3O2/c1-20(2,3)22-19(25)24(12-13-26-4)15-17-9-7-11-23(17)14-16-8-5-6-10-18(16)21/h5-11H,12-15H2,1-4H3,(H,22,25). The number of hydrogen-bond acceptors (Lipinski definition) is 2. The number of urea groups is 1. The van der Waals surface area contributed by atoms with Crippen molar-refractivity contribution in [3.8, 4) is 0 Å². The number of nitrogens with one attached hydrogen (secondary N) is 1. The molecule has 1 aromatic heterocycles. The van der Waals surface area contributed by atoms with Crippen molar-refractivity contribution in [1.82, 2.24) is 14.8 Å². The van der Waals surface area contributed by atoms with E-state index in [1.54, 1.807) is 12.0 Å². The van der Waals surface area contributed by atoms with Crippen LogP contribution in [0.25, 0.3) is 0 Å². The lowest BCUT2D eigenvalue weighted by molar-refractivity contribution is 0.141. The van der Waals surface area contributed by atoms with Gasteiger partial charge in [0.25, 0.3) is 0 Å². The molecule has 1 heterocycles. The molecule has 0 aliphatic heterocycles. The fourth-order valence-electron chi connectivity index (χ4n) is 2.61. The van der Waals surface area contributed by atoms with Crippen LogP contribution >= 0.6 is 11.6 Å². The van der Waals surface area contributed by atoms with Gasteiger partial charge in [-0.25, -0.2) is 4.79 Å². The Morgan fingerprint density at radius 3 is 2.62 bits per heavy atom. The van der Waals surface area contributed by atoms with Crippen LogP contribution in [0.1, 0.15) is 32.0 Å². The maximum Gasteiger partial charge on any atom is 0.318 e. The Kier molecular flexibility index (Phi) is 7.12. The van der Waals surface area contributed by atoms with Gasteiger partial charge in [-0.2, -0.15) is 0 Å². The Balaban J connectivity index is 2.14. The van der Waals surface area contributed by atoms with Crippen molar-refractivity contribution in [2.24, 2.45) is 0 Å². The molecule has 0 radical (unpaired) electrons. The van der Waals surface area contributed by atoms with E-state index in [9.17, 15) is 4.79 Å². The summed E-state index contributed by atoms with van der Waals surface area (Å²) in [7, 11) is 1.64. The van der Waals surface area contributed by atoms with Gasteiger partial charge in [0.2, 0.25) is 0 Å². The maximum atomic E-state index is 12.6. The molecule has 6 heteroatoms. The second-order valence-corrected chi connectivity index (χ2v) is 7.72. The average Bonchev–Trinajstić information content (AvgIpc) is 2.99. The molecule has 0 aliphatic carbocycles. The predicted octanol–water partition coefficient (Wildman–Crippen LogP) is 4.15. The van der Waals surface area contributed by atoms with Crippen LogP contribution in [0.3, 0.4) is 0 Å². The van der Waals surface area contributed by atoms with Crippen molar-refractivity contribution in [1.29, 1.82) is 0 Å². The fraction of sp³-hybridized carbons (Fsp3) is 0.450. The van der Waals surface area contributed by atoms with Crippen molar-refractivity contribution >= 4 is 17.6 Å². The topological polar surface area (TPSA) is 46.5 Å². The van der Waals surface area contributed by atoms with E-state index in [4.69, 9.17) is 16.3 Å². The van der Waals surface area contributed by atoms with Gasteiger partial charge in [0.05, 0.1) is 13.2 Å². The zero-order valence-electron chi connectivity index (χ0n) is 16.0. The Labute approximate surface area is 160 Å². The Morgan fingerprint density at radius 2 is 1.96 bits per heavy atom. The van der Waals surface area contributed by atoms with Crippen LogP contribution in [0.2, 0.25) is 5.02 Å². The lowest BCUT2D eigenvalue weighted by Gasteiger charge is -2.28. The van der Waals surface area contributed by atoms with Gasteiger partial charge in [-0.05, 0) is 44.5 Å². The summed E-state index contributed by atoms with van der Waals surface area (Å²) in [6.07, 6.45) is 2.01. The lowest BCUT2D eigenvalue weighted by atomic mass is 10.1. The highest BCUT2D eigenvalue weighted by atomic mass is 35.5. The molecule has 0 bridgehead atoms. The quantitative estimate of drug-likeness (QED) is 0.788. The van der Waals surface area contributed by atoms with Crippen molar-refractivity contribution < 1.29 is 9.53 Å². The smallest absolute Gasteiger partial charge is 0.318 e. The zero-order chi connectivity index (χ0) is 19.2. The second kappa shape index (κ2) is 9.10. The number of hydrogen-bond donors (Lipinski definition) is 1. The van der Waals surface area contributed by atoms with Gasteiger partial charge in [0, 0.05) is 42.7 Å². The minimum atomic E-state index is -0.290. The summed E-state index contributed by atoms with van der Waals surface area (Å²) < 4.78 is 7.28. The third-order valence-corrected chi connectivity index (χ3v) is 4.28. The van der Waals surface area contributed by atoms with Crippen molar-refractivity contribution in [3.63, 3.8) is 0 Å². The summed E-state index contributed by atoms with van der Waals surface area (Å²) in [4.78, 5) is 14.4. The summed E-state index contributed by atoms with van der Waals surface area (Å²) >= 11 is 6.29. The first-order chi connectivity index (χ1) is 12.3. The van der Waals surface area contributed by atoms with E-state index in [1.165, 1.54) is 0 Å². The van der Waals surface area contributed by atoms with Crippen LogP contribution in [0.4, 0.5) is 4.79 Å². The number of halogens is 1. The number of ether oxygens (including phenoxy) is 1. The SMILES string of the molecule is COCCN(Cc1cccn1Cc1ccccc1Cl)C(=O)NC(C)(C)C. The first-order valence-electron chi connectivity index (χ1n) is 8.73. The van der Waals surface area contributed by atoms with Gasteiger partial charge in [0.1, 0.15) is 0 Å². The van der Waals surface area contributed by atoms with Gasteiger partial charge in [-0.1, -0.05) is 29.8 Å². The summed E-state index contributed by atoms with van der Waals surface area (Å²) in [5, 5.41) is 3.76. The number of benzene rings is 1. The van der Waals surface area contributed by atoms with Crippen LogP contribution in [0.5, 0.6) is 0 Å². The molecule has 1 aromatic carbocycles. The van der Waals surface area contributed by atoms with E-state index in [0.717, 1.165) is 16.3 Å². The molecule has 2 aromatic rings. The number of amides is 2. The van der Waals surface area contributed by atoms with Crippen molar-refractivity contribution in [2.75, 3.05) is 20.3 Å². The summed E-state index contributed by atoms with van der Waals surface area (Å²) in [5.41, 5.74) is 1.81. The Morgan fingerprint density at radius 1 is 1.23 bits per heavy atom. The lowest BCUT2D eigenvalue weighted by Crippen LogP contribution is -2.49. The molecule has 2 amide bonds. The number of nitrogens with zero attached hydrogens (tertiary/aromatic N) is 2. The minimum Gasteiger partial charge on any atom is -0.383 e. The van der Waals surface area contributed by atoms with Gasteiger partial charge in [-0.15, -0.1) is 0 Å². The number of aromatic nitrogens is 1. The Bertz CT molecular complexity index is 722. The number of carbonyl (C=O) groups is 1. The largest absolute Gasteiger partial charge is 0.383 e. The van der Waals surface area contributed by atoms with Crippen molar-refractivity contribution in [3.05, 3.63) is 58.9 Å². The highest BCUT2D eigenvalue weighted by molar-refractivity contribution is 6.31. The van der Waals surface area contributed by atoms with Gasteiger partial charge in [-0.3, -0.25) is 0 Å². The third-order valence-electron chi connectivity index (χ3n) is 3.91. The molecule has 0 atom stereocenters. The molecule has 1 N–H and O–H groups in total. The molecule has 0 saturated heterocycles. The fourth-order valence-corrected chi connectivity index (χ4v) is 2.80. The number of methoxy groups -OCH3 is 1. The molecule has 0 saturated carbocycles. The number of rotatable bonds is 7. The first kappa shape index (κ1) is 20.3. The predicted molar refractivity (Wildman–Crippen MR) is 106 cm³/mol. The van der Waals surface area contributed by atoms with Crippen LogP contribution < -0.4 is 5.32 Å². The van der Waals surface area contributed by atoms with E-state index in [0.29, 0.717) is 26.2 Å². The number of carbonyl (C=O) groups excluding carboxylic acids is 1. The molecular formula is C20H28ClN3O2. The first-order valence-corrected chi connectivity index (χ1v) is 9.11. The average molecular weight is 378 g/mol. The van der Waals surface area contributed by atoms with Gasteiger partial charge in [0.15, 0.2) is 0 Å². The van der Waals surface area contributed by atoms with E-state index in [2.05, 4.69) is 9.88 Å². The summed E-state index contributed by atoms with van der Waals surface area (Å²) in [6, 6.07) is 11.7. The van der Waals surface area contributed by atoms with E-state index < -0.39 is 0 Å². The van der Waals surface area contributed by atoms with Crippen LogP contribution in [0, 0.1) is 0 Å². The highest BCUT2D eigenvalue weighted by Crippen LogP contribution is 2.18. The molecule has 5 nitrogen and oxygen atoms in total. The molecule has 26 heavy (non-hydrogen) atoms. The molecule has 0 aliphatic rings.